The van der Waals surface area contributed by atoms with E-state index in [-0.39, 0.29) is 30.9 Å². The lowest BCUT2D eigenvalue weighted by Crippen LogP contribution is -2.29. The summed E-state index contributed by atoms with van der Waals surface area (Å²) in [7, 11) is 1.77. The van der Waals surface area contributed by atoms with Crippen LogP contribution < -0.4 is 10.9 Å². The second-order valence-electron chi connectivity index (χ2n) is 6.87. The molecule has 0 saturated heterocycles. The van der Waals surface area contributed by atoms with Gasteiger partial charge in [-0.25, -0.2) is 4.39 Å². The van der Waals surface area contributed by atoms with Gasteiger partial charge in [-0.3, -0.25) is 14.3 Å². The van der Waals surface area contributed by atoms with E-state index >= 15 is 0 Å². The van der Waals surface area contributed by atoms with Gasteiger partial charge in [-0.2, -0.15) is 5.10 Å². The van der Waals surface area contributed by atoms with Crippen LogP contribution in [0.1, 0.15) is 34.9 Å². The van der Waals surface area contributed by atoms with Gasteiger partial charge in [-0.15, -0.1) is 0 Å². The van der Waals surface area contributed by atoms with Crippen LogP contribution in [-0.4, -0.2) is 32.3 Å². The van der Waals surface area contributed by atoms with Gasteiger partial charge in [-0.1, -0.05) is 12.1 Å². The highest BCUT2D eigenvalue weighted by Crippen LogP contribution is 2.21. The first kappa shape index (κ1) is 19.8. The number of halogens is 1. The van der Waals surface area contributed by atoms with Crippen LogP contribution in [0.2, 0.25) is 0 Å². The molecular weight excluding hydrogens is 363 g/mol. The molecule has 0 aliphatic heterocycles. The van der Waals surface area contributed by atoms with Crippen LogP contribution in [0.5, 0.6) is 0 Å². The van der Waals surface area contributed by atoms with E-state index in [4.69, 9.17) is 0 Å². The Kier molecular flexibility index (Phi) is 5.60. The third-order valence-corrected chi connectivity index (χ3v) is 4.88. The summed E-state index contributed by atoms with van der Waals surface area (Å²) in [6.45, 7) is 3.70. The molecule has 2 heterocycles. The number of aromatic amines is 1. The quantitative estimate of drug-likeness (QED) is 0.601. The number of aliphatic hydroxyl groups is 1. The molecule has 0 spiro atoms. The summed E-state index contributed by atoms with van der Waals surface area (Å²) in [6, 6.07) is 5.61. The number of amides is 1. The molecule has 28 heavy (non-hydrogen) atoms. The van der Waals surface area contributed by atoms with Gasteiger partial charge in [0.1, 0.15) is 11.5 Å². The number of nitrogens with one attached hydrogen (secondary N) is 2. The number of pyridine rings is 1. The van der Waals surface area contributed by atoms with Gasteiger partial charge in [0.15, 0.2) is 0 Å². The van der Waals surface area contributed by atoms with Crippen molar-refractivity contribution in [1.82, 2.24) is 20.1 Å². The minimum Gasteiger partial charge on any atom is -0.387 e. The Balaban J connectivity index is 1.65. The summed E-state index contributed by atoms with van der Waals surface area (Å²) in [5, 5.41) is 17.9. The van der Waals surface area contributed by atoms with Crippen LogP contribution in [0.15, 0.2) is 29.1 Å². The summed E-state index contributed by atoms with van der Waals surface area (Å²) in [5.74, 6) is -0.740. The Morgan fingerprint density at radius 2 is 2.14 bits per heavy atom. The number of fused-ring (bicyclic) bond motifs is 1. The first-order chi connectivity index (χ1) is 13.3. The number of rotatable bonds is 6. The molecule has 0 aliphatic carbocycles. The third kappa shape index (κ3) is 3.96. The van der Waals surface area contributed by atoms with Crippen molar-refractivity contribution in [3.63, 3.8) is 0 Å². The highest BCUT2D eigenvalue weighted by Gasteiger charge is 2.16. The maximum Gasteiger partial charge on any atom is 0.253 e. The fraction of sp³-hybridized carbons (Fsp3) is 0.350. The van der Waals surface area contributed by atoms with Crippen LogP contribution in [0.4, 0.5) is 4.39 Å². The van der Waals surface area contributed by atoms with Crippen molar-refractivity contribution in [3.05, 3.63) is 62.8 Å². The molecule has 0 fully saturated rings. The number of aliphatic hydroxyl groups excluding tert-OH is 1. The molecule has 148 valence electrons. The molecule has 3 aromatic rings. The fourth-order valence-corrected chi connectivity index (χ4v) is 3.42. The number of carbonyl (C=O) groups is 1. The van der Waals surface area contributed by atoms with Crippen molar-refractivity contribution in [3.8, 4) is 0 Å². The molecule has 8 heteroatoms. The molecule has 1 atom stereocenters. The van der Waals surface area contributed by atoms with Gasteiger partial charge < -0.3 is 15.4 Å². The minimum absolute atomic E-state index is 0.0294. The molecule has 7 nitrogen and oxygen atoms in total. The lowest BCUT2D eigenvalue weighted by atomic mass is 10.0. The zero-order valence-corrected chi connectivity index (χ0v) is 16.0. The van der Waals surface area contributed by atoms with Crippen molar-refractivity contribution in [2.75, 3.05) is 6.54 Å². The summed E-state index contributed by atoms with van der Waals surface area (Å²) >= 11 is 0. The van der Waals surface area contributed by atoms with Gasteiger partial charge in [0.25, 0.3) is 5.56 Å². The van der Waals surface area contributed by atoms with Gasteiger partial charge in [0.2, 0.25) is 5.91 Å². The summed E-state index contributed by atoms with van der Waals surface area (Å²) in [6.07, 6.45) is -0.628. The fourth-order valence-electron chi connectivity index (χ4n) is 3.42. The molecule has 0 aliphatic rings. The van der Waals surface area contributed by atoms with E-state index in [0.29, 0.717) is 16.8 Å². The smallest absolute Gasteiger partial charge is 0.253 e. The number of hydrogen-bond donors (Lipinski definition) is 3. The van der Waals surface area contributed by atoms with E-state index < -0.39 is 11.9 Å². The molecule has 1 amide bonds. The Labute approximate surface area is 161 Å². The second kappa shape index (κ2) is 7.93. The molecule has 0 radical (unpaired) electrons. The Hall–Kier alpha value is -3.00. The molecule has 1 unspecified atom stereocenters. The van der Waals surface area contributed by atoms with Crippen LogP contribution in [0.25, 0.3) is 11.0 Å². The van der Waals surface area contributed by atoms with Crippen LogP contribution >= 0.6 is 0 Å². The molecule has 3 N–H and O–H groups in total. The first-order valence-corrected chi connectivity index (χ1v) is 9.03. The van der Waals surface area contributed by atoms with E-state index in [1.165, 1.54) is 18.2 Å². The van der Waals surface area contributed by atoms with Crippen LogP contribution in [0, 0.1) is 19.7 Å². The standard InChI is InChI=1S/C20H23FN4O3/c1-11-15(20(28)23-19-18(11)12(2)24-25(19)3)7-8-17(27)22-10-16(26)13-5-4-6-14(21)9-13/h4-6,9,16,26H,7-8,10H2,1-3H3,(H,22,27)(H,23,28). The van der Waals surface area contributed by atoms with Gasteiger partial charge in [0.05, 0.1) is 11.8 Å². The molecule has 0 bridgehead atoms. The van der Waals surface area contributed by atoms with Crippen molar-refractivity contribution < 1.29 is 14.3 Å². The van der Waals surface area contributed by atoms with Crippen LogP contribution in [0.3, 0.4) is 0 Å². The highest BCUT2D eigenvalue weighted by atomic mass is 19.1. The maximum atomic E-state index is 13.2. The number of hydrogen-bond acceptors (Lipinski definition) is 4. The van der Waals surface area contributed by atoms with Crippen molar-refractivity contribution in [2.45, 2.75) is 32.8 Å². The topological polar surface area (TPSA) is 100 Å². The predicted molar refractivity (Wildman–Crippen MR) is 103 cm³/mol. The highest BCUT2D eigenvalue weighted by molar-refractivity contribution is 5.83. The average Bonchev–Trinajstić information content (AvgIpc) is 2.93. The monoisotopic (exact) mass is 386 g/mol. The lowest BCUT2D eigenvalue weighted by molar-refractivity contribution is -0.121. The minimum atomic E-state index is -1.00. The summed E-state index contributed by atoms with van der Waals surface area (Å²) in [4.78, 5) is 27.4. The largest absolute Gasteiger partial charge is 0.387 e. The first-order valence-electron chi connectivity index (χ1n) is 9.03. The zero-order valence-electron chi connectivity index (χ0n) is 16.0. The normalized spacial score (nSPS) is 12.3. The average molecular weight is 386 g/mol. The Morgan fingerprint density at radius 1 is 1.39 bits per heavy atom. The van der Waals surface area contributed by atoms with E-state index in [2.05, 4.69) is 15.4 Å². The number of aromatic nitrogens is 3. The SMILES string of the molecule is Cc1nn(C)c2[nH]c(=O)c(CCC(=O)NCC(O)c3cccc(F)c3)c(C)c12. The van der Waals surface area contributed by atoms with Crippen molar-refractivity contribution in [2.24, 2.45) is 7.05 Å². The van der Waals surface area contributed by atoms with Crippen molar-refractivity contribution in [1.29, 1.82) is 0 Å². The zero-order chi connectivity index (χ0) is 20.4. The van der Waals surface area contributed by atoms with E-state index in [1.807, 2.05) is 13.8 Å². The number of carbonyl (C=O) groups excluding carboxylic acids is 1. The van der Waals surface area contributed by atoms with E-state index in [9.17, 15) is 19.1 Å². The Bertz CT molecular complexity index is 1090. The summed E-state index contributed by atoms with van der Waals surface area (Å²) < 4.78 is 14.8. The second-order valence-corrected chi connectivity index (χ2v) is 6.87. The number of benzene rings is 1. The molecule has 0 saturated carbocycles. The van der Waals surface area contributed by atoms with Crippen molar-refractivity contribution >= 4 is 16.9 Å². The van der Waals surface area contributed by atoms with Crippen LogP contribution in [-0.2, 0) is 18.3 Å². The number of H-pyrrole nitrogens is 1. The predicted octanol–water partition coefficient (Wildman–Crippen LogP) is 1.80. The molecule has 2 aromatic heterocycles. The third-order valence-electron chi connectivity index (χ3n) is 4.88. The number of aryl methyl sites for hydroxylation is 3. The van der Waals surface area contributed by atoms with E-state index in [0.717, 1.165) is 16.6 Å². The molecule has 3 rings (SSSR count). The van der Waals surface area contributed by atoms with Gasteiger partial charge in [0, 0.05) is 31.0 Å². The summed E-state index contributed by atoms with van der Waals surface area (Å²) in [5.41, 5.74) is 2.99. The maximum absolute atomic E-state index is 13.2. The van der Waals surface area contributed by atoms with Gasteiger partial charge >= 0.3 is 0 Å². The Morgan fingerprint density at radius 3 is 2.86 bits per heavy atom. The van der Waals surface area contributed by atoms with E-state index in [1.54, 1.807) is 17.8 Å². The molecule has 1 aromatic carbocycles. The van der Waals surface area contributed by atoms with Gasteiger partial charge in [-0.05, 0) is 43.5 Å². The molecular formula is C20H23FN4O3. The number of nitrogens with zero attached hydrogens (tertiary/aromatic N) is 2. The lowest BCUT2D eigenvalue weighted by Gasteiger charge is -2.13.